The normalized spacial score (nSPS) is 14.6. The van der Waals surface area contributed by atoms with E-state index >= 15 is 0 Å². The number of ether oxygens (including phenoxy) is 1. The van der Waals surface area contributed by atoms with Crippen LogP contribution in [0.1, 0.15) is 60.8 Å². The fourth-order valence-electron chi connectivity index (χ4n) is 5.20. The number of carboxylic acid groups (broad SMARTS) is 1. The monoisotopic (exact) mass is 526 g/mol. The lowest BCUT2D eigenvalue weighted by molar-refractivity contribution is -0.137. The van der Waals surface area contributed by atoms with E-state index in [1.54, 1.807) is 11.3 Å². The molecule has 1 unspecified atom stereocenters. The summed E-state index contributed by atoms with van der Waals surface area (Å²) >= 11 is 1.70. The van der Waals surface area contributed by atoms with E-state index in [4.69, 9.17) is 9.72 Å². The van der Waals surface area contributed by atoms with E-state index in [-0.39, 0.29) is 12.3 Å². The topological polar surface area (TPSA) is 62.7 Å². The first-order chi connectivity index (χ1) is 18.6. The van der Waals surface area contributed by atoms with Gasteiger partial charge in [0.25, 0.3) is 0 Å². The summed E-state index contributed by atoms with van der Waals surface area (Å²) in [5.41, 5.74) is 6.94. The van der Waals surface area contributed by atoms with E-state index in [2.05, 4.69) is 65.7 Å². The standard InChI is InChI=1S/C32H34N2O3S/c1-2-17-34(32-33-30(22-38-32)25-7-4-3-5-8-25)20-23-11-13-24(14-12-23)21-37-28-15-16-29-26(18-28)9-6-10-27(29)19-31(35)36/h3-5,7-8,11-16,18,22,27H,2,6,9-10,17,19-21H2,1H3,(H,35,36). The number of aliphatic carboxylic acids is 1. The fraction of sp³-hybridized carbons (Fsp3) is 0.312. The highest BCUT2D eigenvalue weighted by Gasteiger charge is 2.23. The second kappa shape index (κ2) is 12.3. The molecule has 5 rings (SSSR count). The van der Waals surface area contributed by atoms with Crippen LogP contribution in [0.2, 0.25) is 0 Å². The van der Waals surface area contributed by atoms with Crippen LogP contribution in [0.4, 0.5) is 5.13 Å². The summed E-state index contributed by atoms with van der Waals surface area (Å²) in [4.78, 5) is 18.5. The van der Waals surface area contributed by atoms with E-state index in [1.807, 2.05) is 24.3 Å². The largest absolute Gasteiger partial charge is 0.489 e. The molecule has 0 aliphatic heterocycles. The fourth-order valence-corrected chi connectivity index (χ4v) is 6.06. The summed E-state index contributed by atoms with van der Waals surface area (Å²) < 4.78 is 6.11. The molecule has 38 heavy (non-hydrogen) atoms. The van der Waals surface area contributed by atoms with E-state index < -0.39 is 5.97 Å². The first-order valence-electron chi connectivity index (χ1n) is 13.4. The minimum atomic E-state index is -0.729. The van der Waals surface area contributed by atoms with Crippen molar-refractivity contribution in [2.75, 3.05) is 11.4 Å². The minimum Gasteiger partial charge on any atom is -0.489 e. The summed E-state index contributed by atoms with van der Waals surface area (Å²) in [6, 6.07) is 25.1. The lowest BCUT2D eigenvalue weighted by Gasteiger charge is -2.25. The number of rotatable bonds is 11. The Balaban J connectivity index is 1.20. The molecule has 1 aliphatic rings. The molecular formula is C32H34N2O3S. The van der Waals surface area contributed by atoms with Crippen molar-refractivity contribution in [3.8, 4) is 17.0 Å². The quantitative estimate of drug-likeness (QED) is 0.217. The van der Waals surface area contributed by atoms with Crippen molar-refractivity contribution in [1.82, 2.24) is 4.98 Å². The van der Waals surface area contributed by atoms with Gasteiger partial charge in [0.15, 0.2) is 5.13 Å². The minimum absolute atomic E-state index is 0.111. The third kappa shape index (κ3) is 6.43. The Morgan fingerprint density at radius 2 is 1.87 bits per heavy atom. The van der Waals surface area contributed by atoms with Gasteiger partial charge in [0, 0.05) is 24.0 Å². The van der Waals surface area contributed by atoms with Gasteiger partial charge < -0.3 is 14.7 Å². The Morgan fingerprint density at radius 1 is 1.08 bits per heavy atom. The molecule has 1 N–H and O–H groups in total. The van der Waals surface area contributed by atoms with Crippen molar-refractivity contribution in [1.29, 1.82) is 0 Å². The average molecular weight is 527 g/mol. The molecule has 3 aromatic carbocycles. The van der Waals surface area contributed by atoms with Gasteiger partial charge in [-0.3, -0.25) is 4.79 Å². The van der Waals surface area contributed by atoms with Gasteiger partial charge in [-0.05, 0) is 66.0 Å². The zero-order chi connectivity index (χ0) is 26.3. The number of thiazole rings is 1. The van der Waals surface area contributed by atoms with Gasteiger partial charge in [0.1, 0.15) is 12.4 Å². The van der Waals surface area contributed by atoms with Gasteiger partial charge in [-0.15, -0.1) is 11.3 Å². The number of hydrogen-bond acceptors (Lipinski definition) is 5. The Hall–Kier alpha value is -3.64. The summed E-state index contributed by atoms with van der Waals surface area (Å²) in [5.74, 6) is 0.225. The number of nitrogens with zero attached hydrogens (tertiary/aromatic N) is 2. The lowest BCUT2D eigenvalue weighted by Crippen LogP contribution is -2.23. The van der Waals surface area contributed by atoms with Crippen molar-refractivity contribution in [3.63, 3.8) is 0 Å². The second-order valence-corrected chi connectivity index (χ2v) is 10.8. The van der Waals surface area contributed by atoms with Crippen molar-refractivity contribution < 1.29 is 14.6 Å². The SMILES string of the molecule is CCCN(Cc1ccc(COc2ccc3c(c2)CCCC3CC(=O)O)cc1)c1nc(-c2ccccc2)cs1. The molecule has 0 amide bonds. The number of aromatic nitrogens is 1. The molecule has 4 aromatic rings. The van der Waals surface area contributed by atoms with Gasteiger partial charge in [0.2, 0.25) is 0 Å². The van der Waals surface area contributed by atoms with Crippen LogP contribution in [0.15, 0.2) is 78.2 Å². The maximum absolute atomic E-state index is 11.2. The van der Waals surface area contributed by atoms with Crippen molar-refractivity contribution in [3.05, 3.63) is 100 Å². The van der Waals surface area contributed by atoms with Crippen molar-refractivity contribution >= 4 is 22.4 Å². The van der Waals surface area contributed by atoms with Crippen LogP contribution >= 0.6 is 11.3 Å². The zero-order valence-electron chi connectivity index (χ0n) is 21.8. The number of aryl methyl sites for hydroxylation is 1. The maximum Gasteiger partial charge on any atom is 0.303 e. The number of fused-ring (bicyclic) bond motifs is 1. The van der Waals surface area contributed by atoms with Crippen LogP contribution in [0.5, 0.6) is 5.75 Å². The molecule has 0 spiro atoms. The molecule has 1 aliphatic carbocycles. The first kappa shape index (κ1) is 26.0. The Kier molecular flexibility index (Phi) is 8.39. The highest BCUT2D eigenvalue weighted by Crippen LogP contribution is 2.36. The molecule has 0 saturated heterocycles. The first-order valence-corrected chi connectivity index (χ1v) is 14.3. The number of carbonyl (C=O) groups is 1. The summed E-state index contributed by atoms with van der Waals surface area (Å²) in [5, 5.41) is 12.4. The van der Waals surface area contributed by atoms with Crippen LogP contribution in [0, 0.1) is 0 Å². The predicted molar refractivity (Wildman–Crippen MR) is 154 cm³/mol. The van der Waals surface area contributed by atoms with Gasteiger partial charge in [0.05, 0.1) is 12.1 Å². The molecule has 0 radical (unpaired) electrons. The lowest BCUT2D eigenvalue weighted by atomic mass is 9.81. The van der Waals surface area contributed by atoms with E-state index in [0.29, 0.717) is 6.61 Å². The smallest absolute Gasteiger partial charge is 0.303 e. The van der Waals surface area contributed by atoms with Crippen LogP contribution < -0.4 is 9.64 Å². The van der Waals surface area contributed by atoms with Crippen LogP contribution in [-0.2, 0) is 24.4 Å². The van der Waals surface area contributed by atoms with Crippen LogP contribution in [0.3, 0.4) is 0 Å². The van der Waals surface area contributed by atoms with E-state index in [0.717, 1.165) is 66.5 Å². The molecule has 196 valence electrons. The van der Waals surface area contributed by atoms with Gasteiger partial charge >= 0.3 is 5.97 Å². The number of hydrogen-bond donors (Lipinski definition) is 1. The molecule has 0 bridgehead atoms. The highest BCUT2D eigenvalue weighted by atomic mass is 32.1. The number of carboxylic acids is 1. The summed E-state index contributed by atoms with van der Waals surface area (Å²) in [7, 11) is 0. The summed E-state index contributed by atoms with van der Waals surface area (Å²) in [6.45, 7) is 4.48. The molecule has 1 aromatic heterocycles. The summed E-state index contributed by atoms with van der Waals surface area (Å²) in [6.07, 6.45) is 4.21. The van der Waals surface area contributed by atoms with Gasteiger partial charge in [-0.25, -0.2) is 4.98 Å². The maximum atomic E-state index is 11.2. The van der Waals surface area contributed by atoms with Gasteiger partial charge in [-0.1, -0.05) is 67.6 Å². The van der Waals surface area contributed by atoms with Crippen LogP contribution in [0.25, 0.3) is 11.3 Å². The average Bonchev–Trinajstić information content (AvgIpc) is 3.43. The van der Waals surface area contributed by atoms with Crippen molar-refractivity contribution in [2.24, 2.45) is 0 Å². The molecule has 0 fully saturated rings. The molecular weight excluding hydrogens is 492 g/mol. The third-order valence-corrected chi connectivity index (χ3v) is 8.00. The van der Waals surface area contributed by atoms with E-state index in [9.17, 15) is 9.90 Å². The van der Waals surface area contributed by atoms with Crippen molar-refractivity contribution in [2.45, 2.75) is 58.1 Å². The Morgan fingerprint density at radius 3 is 2.63 bits per heavy atom. The highest BCUT2D eigenvalue weighted by molar-refractivity contribution is 7.14. The molecule has 1 heterocycles. The molecule has 6 heteroatoms. The molecule has 0 saturated carbocycles. The molecule has 5 nitrogen and oxygen atoms in total. The predicted octanol–water partition coefficient (Wildman–Crippen LogP) is 7.70. The zero-order valence-corrected chi connectivity index (χ0v) is 22.6. The Bertz CT molecular complexity index is 1350. The second-order valence-electron chi connectivity index (χ2n) is 9.96. The van der Waals surface area contributed by atoms with E-state index in [1.165, 1.54) is 16.7 Å². The Labute approximate surface area is 228 Å². The molecule has 1 atom stereocenters. The number of anilines is 1. The third-order valence-electron chi connectivity index (χ3n) is 7.10. The van der Waals surface area contributed by atoms with Crippen LogP contribution in [-0.4, -0.2) is 22.6 Å². The number of benzene rings is 3. The van der Waals surface area contributed by atoms with Gasteiger partial charge in [-0.2, -0.15) is 0 Å².